The van der Waals surface area contributed by atoms with Gasteiger partial charge in [0.1, 0.15) is 24.7 Å². The molecule has 10 nitrogen and oxygen atoms in total. The van der Waals surface area contributed by atoms with Crippen LogP contribution in [-0.4, -0.2) is 55.0 Å². The van der Waals surface area contributed by atoms with E-state index >= 15 is 0 Å². The van der Waals surface area contributed by atoms with Gasteiger partial charge in [0.2, 0.25) is 0 Å². The number of nitrogens with one attached hydrogen (secondary N) is 1. The largest absolute Gasteiger partial charge is 0.497 e. The van der Waals surface area contributed by atoms with Crippen LogP contribution in [0.1, 0.15) is 5.56 Å². The summed E-state index contributed by atoms with van der Waals surface area (Å²) >= 11 is 3.43. The van der Waals surface area contributed by atoms with E-state index in [-0.39, 0.29) is 16.3 Å². The van der Waals surface area contributed by atoms with Crippen LogP contribution in [0.4, 0.5) is 5.69 Å². The van der Waals surface area contributed by atoms with Gasteiger partial charge in [0, 0.05) is 6.07 Å². The topological polar surface area (TPSA) is 116 Å². The number of sulfonamides is 1. The molecule has 3 aromatic carbocycles. The maximum absolute atomic E-state index is 13.6. The van der Waals surface area contributed by atoms with Gasteiger partial charge in [0.15, 0.2) is 11.5 Å². The number of hydrogen-bond acceptors (Lipinski definition) is 8. The number of nitrogens with zero attached hydrogens (tertiary/aromatic N) is 2. The van der Waals surface area contributed by atoms with Crippen LogP contribution in [0.5, 0.6) is 23.0 Å². The van der Waals surface area contributed by atoms with Crippen LogP contribution in [0.3, 0.4) is 0 Å². The number of rotatable bonds is 13. The number of hydrogen-bond donors (Lipinski definition) is 1. The highest BCUT2D eigenvalue weighted by Gasteiger charge is 2.30. The van der Waals surface area contributed by atoms with Gasteiger partial charge >= 0.3 is 0 Å². The van der Waals surface area contributed by atoms with Gasteiger partial charge in [-0.05, 0) is 57.9 Å². The van der Waals surface area contributed by atoms with Gasteiger partial charge in [-0.2, -0.15) is 5.10 Å². The second kappa shape index (κ2) is 13.7. The van der Waals surface area contributed by atoms with Crippen LogP contribution in [0.25, 0.3) is 0 Å². The molecule has 3 rings (SSSR count). The first kappa shape index (κ1) is 29.5. The van der Waals surface area contributed by atoms with Crippen molar-refractivity contribution in [1.82, 2.24) is 5.43 Å². The zero-order valence-corrected chi connectivity index (χ0v) is 24.0. The lowest BCUT2D eigenvalue weighted by Gasteiger charge is -2.25. The second-order valence-corrected chi connectivity index (χ2v) is 10.5. The Bertz CT molecular complexity index is 1450. The van der Waals surface area contributed by atoms with Crippen molar-refractivity contribution in [3.05, 3.63) is 83.4 Å². The lowest BCUT2D eigenvalue weighted by molar-refractivity contribution is -0.119. The molecule has 206 valence electrons. The smallest absolute Gasteiger partial charge is 0.264 e. The molecule has 0 unspecified atom stereocenters. The van der Waals surface area contributed by atoms with Crippen LogP contribution < -0.4 is 28.7 Å². The van der Waals surface area contributed by atoms with Gasteiger partial charge in [-0.3, -0.25) is 9.10 Å². The van der Waals surface area contributed by atoms with Crippen molar-refractivity contribution < 1.29 is 32.2 Å². The Balaban J connectivity index is 1.89. The first-order chi connectivity index (χ1) is 18.7. The first-order valence-corrected chi connectivity index (χ1v) is 13.7. The molecule has 12 heteroatoms. The molecule has 0 fully saturated rings. The molecule has 0 aliphatic heterocycles. The number of ether oxygens (including phenoxy) is 4. The minimum absolute atomic E-state index is 0.00174. The fraction of sp³-hybridized carbons (Fsp3) is 0.185. The van der Waals surface area contributed by atoms with Crippen molar-refractivity contribution in [2.45, 2.75) is 4.90 Å². The van der Waals surface area contributed by atoms with Gasteiger partial charge in [0.05, 0.1) is 42.6 Å². The number of carbonyl (C=O) groups excluding carboxylic acids is 1. The lowest BCUT2D eigenvalue weighted by atomic mass is 10.2. The van der Waals surface area contributed by atoms with Gasteiger partial charge in [-0.1, -0.05) is 30.9 Å². The van der Waals surface area contributed by atoms with E-state index in [9.17, 15) is 13.2 Å². The summed E-state index contributed by atoms with van der Waals surface area (Å²) in [5, 5.41) is 3.99. The van der Waals surface area contributed by atoms with E-state index < -0.39 is 22.5 Å². The molecule has 0 bridgehead atoms. The summed E-state index contributed by atoms with van der Waals surface area (Å²) in [6.07, 6.45) is 3.00. The fourth-order valence-corrected chi connectivity index (χ4v) is 5.47. The minimum Gasteiger partial charge on any atom is -0.497 e. The van der Waals surface area contributed by atoms with Crippen LogP contribution in [0, 0.1) is 0 Å². The third kappa shape index (κ3) is 7.30. The Morgan fingerprint density at radius 2 is 1.74 bits per heavy atom. The van der Waals surface area contributed by atoms with Gasteiger partial charge in [-0.15, -0.1) is 0 Å². The summed E-state index contributed by atoms with van der Waals surface area (Å²) in [4.78, 5) is 12.9. The van der Waals surface area contributed by atoms with E-state index in [0.717, 1.165) is 4.31 Å². The standard InChI is InChI=1S/C27H28BrN3O7S/c1-5-13-38-27-22(28)14-19(15-25(27)37-4)17-29-30-26(32)18-31(39(33,34)21-9-7-6-8-10-21)23-16-20(35-2)11-12-24(23)36-3/h5-12,14-17H,1,13,18H2,2-4H3,(H,30,32)/b29-17+. The molecule has 0 aromatic heterocycles. The van der Waals surface area contributed by atoms with Gasteiger partial charge in [0.25, 0.3) is 15.9 Å². The van der Waals surface area contributed by atoms with E-state index in [1.165, 1.54) is 45.7 Å². The zero-order valence-electron chi connectivity index (χ0n) is 21.6. The predicted molar refractivity (Wildman–Crippen MR) is 153 cm³/mol. The molecule has 0 spiro atoms. The summed E-state index contributed by atoms with van der Waals surface area (Å²) in [7, 11) is 0.189. The third-order valence-electron chi connectivity index (χ3n) is 5.27. The Hall–Kier alpha value is -4.03. The molecular weight excluding hydrogens is 590 g/mol. The molecule has 1 amide bonds. The average molecular weight is 619 g/mol. The maximum Gasteiger partial charge on any atom is 0.264 e. The molecular formula is C27H28BrN3O7S. The summed E-state index contributed by atoms with van der Waals surface area (Å²) in [5.41, 5.74) is 3.10. The van der Waals surface area contributed by atoms with Crippen LogP contribution in [0.2, 0.25) is 0 Å². The number of benzene rings is 3. The van der Waals surface area contributed by atoms with Crippen LogP contribution >= 0.6 is 15.9 Å². The molecule has 0 saturated heterocycles. The molecule has 0 aliphatic rings. The molecule has 0 atom stereocenters. The first-order valence-electron chi connectivity index (χ1n) is 11.5. The molecule has 39 heavy (non-hydrogen) atoms. The monoisotopic (exact) mass is 617 g/mol. The van der Waals surface area contributed by atoms with E-state index in [1.54, 1.807) is 48.5 Å². The summed E-state index contributed by atoms with van der Waals surface area (Å²) in [5.74, 6) is 0.879. The van der Waals surface area contributed by atoms with Gasteiger partial charge in [-0.25, -0.2) is 13.8 Å². The highest BCUT2D eigenvalue weighted by molar-refractivity contribution is 9.10. The quantitative estimate of drug-likeness (QED) is 0.172. The van der Waals surface area contributed by atoms with E-state index in [1.807, 2.05) is 0 Å². The Morgan fingerprint density at radius 1 is 1.03 bits per heavy atom. The van der Waals surface area contributed by atoms with Crippen LogP contribution in [-0.2, 0) is 14.8 Å². The Kier molecular flexibility index (Phi) is 10.4. The van der Waals surface area contributed by atoms with Crippen molar-refractivity contribution in [2.75, 3.05) is 38.8 Å². The Labute approximate surface area is 236 Å². The second-order valence-electron chi connectivity index (χ2n) is 7.79. The van der Waals surface area contributed by atoms with Crippen molar-refractivity contribution in [2.24, 2.45) is 5.10 Å². The predicted octanol–water partition coefficient (Wildman–Crippen LogP) is 4.39. The van der Waals surface area contributed by atoms with Crippen molar-refractivity contribution in [3.63, 3.8) is 0 Å². The number of hydrazone groups is 1. The molecule has 1 N–H and O–H groups in total. The SMILES string of the molecule is C=CCOc1c(Br)cc(/C=N/NC(=O)CN(c2cc(OC)ccc2OC)S(=O)(=O)c2ccccc2)cc1OC. The molecule has 0 radical (unpaired) electrons. The van der Waals surface area contributed by atoms with E-state index in [0.29, 0.717) is 33.9 Å². The molecule has 0 saturated carbocycles. The minimum atomic E-state index is -4.17. The van der Waals surface area contributed by atoms with Crippen molar-refractivity contribution >= 4 is 43.8 Å². The number of carbonyl (C=O) groups is 1. The highest BCUT2D eigenvalue weighted by Crippen LogP contribution is 2.37. The zero-order chi connectivity index (χ0) is 28.4. The van der Waals surface area contributed by atoms with E-state index in [4.69, 9.17) is 18.9 Å². The number of halogens is 1. The van der Waals surface area contributed by atoms with Crippen molar-refractivity contribution in [1.29, 1.82) is 0 Å². The van der Waals surface area contributed by atoms with Crippen molar-refractivity contribution in [3.8, 4) is 23.0 Å². The molecule has 0 heterocycles. The lowest BCUT2D eigenvalue weighted by Crippen LogP contribution is -2.39. The summed E-state index contributed by atoms with van der Waals surface area (Å²) in [6, 6.07) is 15.8. The molecule has 0 aliphatic carbocycles. The molecule has 3 aromatic rings. The van der Waals surface area contributed by atoms with Gasteiger partial charge < -0.3 is 18.9 Å². The maximum atomic E-state index is 13.6. The van der Waals surface area contributed by atoms with Crippen LogP contribution in [0.15, 0.2) is 87.8 Å². The Morgan fingerprint density at radius 3 is 2.38 bits per heavy atom. The average Bonchev–Trinajstić information content (AvgIpc) is 2.95. The summed E-state index contributed by atoms with van der Waals surface area (Å²) < 4.78 is 50.4. The number of amides is 1. The van der Waals surface area contributed by atoms with E-state index in [2.05, 4.69) is 33.0 Å². The normalized spacial score (nSPS) is 11.1. The highest BCUT2D eigenvalue weighted by atomic mass is 79.9. The number of anilines is 1. The number of methoxy groups -OCH3 is 3. The third-order valence-corrected chi connectivity index (χ3v) is 7.64. The fourth-order valence-electron chi connectivity index (χ4n) is 3.45. The summed E-state index contributed by atoms with van der Waals surface area (Å²) in [6.45, 7) is 3.34.